The molecular weight excluding hydrogens is 466 g/mol. The highest BCUT2D eigenvalue weighted by Gasteiger charge is 2.31. The predicted molar refractivity (Wildman–Crippen MR) is 126 cm³/mol. The van der Waals surface area contributed by atoms with E-state index in [1.165, 1.54) is 19.4 Å². The molecule has 1 aliphatic rings. The zero-order chi connectivity index (χ0) is 25.1. The van der Waals surface area contributed by atoms with Crippen molar-refractivity contribution in [3.05, 3.63) is 59.9 Å². The van der Waals surface area contributed by atoms with Gasteiger partial charge in [0.25, 0.3) is 5.91 Å². The third-order valence-electron chi connectivity index (χ3n) is 5.37. The van der Waals surface area contributed by atoms with Gasteiger partial charge in [0.1, 0.15) is 5.82 Å². The van der Waals surface area contributed by atoms with Crippen molar-refractivity contribution in [2.75, 3.05) is 25.1 Å². The van der Waals surface area contributed by atoms with Crippen LogP contribution in [0.1, 0.15) is 44.0 Å². The fourth-order valence-corrected chi connectivity index (χ4v) is 3.95. The lowest BCUT2D eigenvalue weighted by Gasteiger charge is -2.19. The molecule has 1 saturated heterocycles. The first-order valence-electron chi connectivity index (χ1n) is 10.7. The Bertz CT molecular complexity index is 1280. The van der Waals surface area contributed by atoms with Crippen LogP contribution in [0.5, 0.6) is 5.75 Å². The second-order valence-corrected chi connectivity index (χ2v) is 11.2. The molecule has 1 amide bonds. The lowest BCUT2D eigenvalue weighted by molar-refractivity contribution is 0.0982. The molecule has 184 valence electrons. The molecule has 8 nitrogen and oxygen atoms in total. The quantitative estimate of drug-likeness (QED) is 0.594. The Hall–Kier alpha value is -3.21. The van der Waals surface area contributed by atoms with Crippen molar-refractivity contribution < 1.29 is 26.7 Å². The van der Waals surface area contributed by atoms with Gasteiger partial charge in [0, 0.05) is 31.0 Å². The second-order valence-electron chi connectivity index (χ2n) is 8.79. The Morgan fingerprint density at radius 2 is 1.79 bits per heavy atom. The maximum atomic E-state index is 12.5. The molecule has 0 saturated carbocycles. The number of sulfonamides is 1. The topological polar surface area (TPSA) is 93.0 Å². The first-order chi connectivity index (χ1) is 15.9. The summed E-state index contributed by atoms with van der Waals surface area (Å²) >= 11 is 0. The predicted octanol–water partition coefficient (Wildman–Crippen LogP) is 3.77. The third-order valence-corrected chi connectivity index (χ3v) is 7.43. The largest absolute Gasteiger partial charge is 0.494 e. The monoisotopic (exact) mass is 494 g/mol. The number of nitrogens with one attached hydrogen (secondary N) is 1. The van der Waals surface area contributed by atoms with Gasteiger partial charge in [0.15, 0.2) is 11.6 Å². The van der Waals surface area contributed by atoms with E-state index in [1.807, 2.05) is 12.1 Å². The standard InChI is InChI=1S/C16H22N4O3S.C7H6F2O/c1-16(2,3)24(22,23)18-15(21)13-11-17-20-9-6-12(10-14(13)20)19-7-4-5-8-19;1-10-7-3-2-5(8)4-6(7)9/h6,9-11H,4-5,7-8H2,1-3H3,(H,18,21);2-4H,1H3. The van der Waals surface area contributed by atoms with Gasteiger partial charge in [-0.1, -0.05) is 0 Å². The molecule has 0 unspecified atom stereocenters. The first kappa shape index (κ1) is 25.4. The number of pyridine rings is 1. The molecule has 3 aromatic rings. The Labute approximate surface area is 197 Å². The van der Waals surface area contributed by atoms with Gasteiger partial charge in [-0.15, -0.1) is 0 Å². The van der Waals surface area contributed by atoms with Crippen LogP contribution in [-0.2, 0) is 10.0 Å². The van der Waals surface area contributed by atoms with Crippen molar-refractivity contribution in [2.45, 2.75) is 38.4 Å². The van der Waals surface area contributed by atoms with Gasteiger partial charge in [-0.05, 0) is 57.9 Å². The minimum Gasteiger partial charge on any atom is -0.494 e. The van der Waals surface area contributed by atoms with Crippen molar-refractivity contribution in [1.82, 2.24) is 14.3 Å². The van der Waals surface area contributed by atoms with Gasteiger partial charge in [0.05, 0.1) is 29.1 Å². The Morgan fingerprint density at radius 3 is 2.38 bits per heavy atom. The van der Waals surface area contributed by atoms with E-state index in [1.54, 1.807) is 31.5 Å². The van der Waals surface area contributed by atoms with Crippen molar-refractivity contribution in [3.8, 4) is 5.75 Å². The van der Waals surface area contributed by atoms with Crippen molar-refractivity contribution in [1.29, 1.82) is 0 Å². The van der Waals surface area contributed by atoms with Gasteiger partial charge < -0.3 is 9.64 Å². The number of rotatable bonds is 4. The molecule has 0 bridgehead atoms. The molecule has 0 aliphatic carbocycles. The summed E-state index contributed by atoms with van der Waals surface area (Å²) in [6, 6.07) is 7.00. The van der Waals surface area contributed by atoms with Crippen molar-refractivity contribution in [3.63, 3.8) is 0 Å². The summed E-state index contributed by atoms with van der Waals surface area (Å²) in [5.74, 6) is -1.87. The summed E-state index contributed by atoms with van der Waals surface area (Å²) in [6.45, 7) is 6.62. The van der Waals surface area contributed by atoms with Crippen LogP contribution in [-0.4, -0.2) is 48.9 Å². The third kappa shape index (κ3) is 5.64. The summed E-state index contributed by atoms with van der Waals surface area (Å²) in [6.07, 6.45) is 5.50. The van der Waals surface area contributed by atoms with Gasteiger partial charge in [-0.2, -0.15) is 5.10 Å². The van der Waals surface area contributed by atoms with Crippen LogP contribution in [0.2, 0.25) is 0 Å². The lowest BCUT2D eigenvalue weighted by Crippen LogP contribution is -2.42. The number of anilines is 1. The molecule has 4 rings (SSSR count). The number of hydrogen-bond donors (Lipinski definition) is 1. The van der Waals surface area contributed by atoms with E-state index in [-0.39, 0.29) is 11.3 Å². The number of halogens is 2. The highest BCUT2D eigenvalue weighted by atomic mass is 32.2. The molecule has 0 atom stereocenters. The van der Waals surface area contributed by atoms with E-state index in [2.05, 4.69) is 19.5 Å². The van der Waals surface area contributed by atoms with Crippen molar-refractivity contribution in [2.24, 2.45) is 0 Å². The number of carbonyl (C=O) groups is 1. The molecule has 34 heavy (non-hydrogen) atoms. The van der Waals surface area contributed by atoms with E-state index < -0.39 is 32.3 Å². The van der Waals surface area contributed by atoms with E-state index >= 15 is 0 Å². The number of amides is 1. The fourth-order valence-electron chi connectivity index (χ4n) is 3.29. The molecule has 1 aliphatic heterocycles. The van der Waals surface area contributed by atoms with Crippen LogP contribution in [0.4, 0.5) is 14.5 Å². The molecule has 1 N–H and O–H groups in total. The number of aromatic nitrogens is 2. The number of methoxy groups -OCH3 is 1. The van der Waals surface area contributed by atoms with E-state index in [9.17, 15) is 22.0 Å². The van der Waals surface area contributed by atoms with E-state index in [0.717, 1.165) is 43.8 Å². The number of nitrogens with zero attached hydrogens (tertiary/aromatic N) is 3. The highest BCUT2D eigenvalue weighted by molar-refractivity contribution is 7.91. The van der Waals surface area contributed by atoms with Gasteiger partial charge in [-0.3, -0.25) is 4.79 Å². The molecule has 3 heterocycles. The molecule has 2 aromatic heterocycles. The summed E-state index contributed by atoms with van der Waals surface area (Å²) in [5, 5.41) is 4.14. The second kappa shape index (κ2) is 9.96. The molecule has 0 spiro atoms. The minimum atomic E-state index is -3.76. The van der Waals surface area contributed by atoms with Crippen LogP contribution >= 0.6 is 0 Å². The summed E-state index contributed by atoms with van der Waals surface area (Å²) in [4.78, 5) is 14.7. The van der Waals surface area contributed by atoms with Crippen molar-refractivity contribution >= 4 is 27.1 Å². The Kier molecular flexibility index (Phi) is 7.44. The van der Waals surface area contributed by atoms with Crippen LogP contribution in [0.15, 0.2) is 42.7 Å². The zero-order valence-electron chi connectivity index (χ0n) is 19.5. The average Bonchev–Trinajstić information content (AvgIpc) is 3.43. The summed E-state index contributed by atoms with van der Waals surface area (Å²) in [7, 11) is -2.43. The number of carbonyl (C=O) groups excluding carboxylic acids is 1. The van der Waals surface area contributed by atoms with Gasteiger partial charge >= 0.3 is 0 Å². The molecule has 1 aromatic carbocycles. The van der Waals surface area contributed by atoms with Gasteiger partial charge in [-0.25, -0.2) is 26.4 Å². The van der Waals surface area contributed by atoms with Gasteiger partial charge in [0.2, 0.25) is 10.0 Å². The van der Waals surface area contributed by atoms with Crippen LogP contribution in [0.3, 0.4) is 0 Å². The Morgan fingerprint density at radius 1 is 1.12 bits per heavy atom. The van der Waals surface area contributed by atoms with Crippen LogP contribution in [0.25, 0.3) is 5.52 Å². The Balaban J connectivity index is 0.000000271. The molecule has 11 heteroatoms. The normalized spacial score (nSPS) is 14.0. The smallest absolute Gasteiger partial charge is 0.268 e. The summed E-state index contributed by atoms with van der Waals surface area (Å²) in [5.41, 5.74) is 1.87. The average molecular weight is 495 g/mol. The number of benzene rings is 1. The van der Waals surface area contributed by atoms with Crippen LogP contribution < -0.4 is 14.4 Å². The van der Waals surface area contributed by atoms with E-state index in [0.29, 0.717) is 5.52 Å². The first-order valence-corrected chi connectivity index (χ1v) is 12.2. The molecular formula is C23H28F2N4O4S. The number of fused-ring (bicyclic) bond motifs is 1. The fraction of sp³-hybridized carbons (Fsp3) is 0.391. The maximum absolute atomic E-state index is 12.5. The van der Waals surface area contributed by atoms with E-state index in [4.69, 9.17) is 0 Å². The summed E-state index contributed by atoms with van der Waals surface area (Å²) < 4.78 is 56.3. The maximum Gasteiger partial charge on any atom is 0.268 e. The number of hydrogen-bond acceptors (Lipinski definition) is 6. The lowest BCUT2D eigenvalue weighted by atomic mass is 10.2. The number of ether oxygens (including phenoxy) is 1. The van der Waals surface area contributed by atoms with Crippen LogP contribution in [0, 0.1) is 11.6 Å². The SMILES string of the molecule is CC(C)(C)S(=O)(=O)NC(=O)c1cnn2ccc(N3CCCC3)cc12.COc1ccc(F)cc1F. The zero-order valence-corrected chi connectivity index (χ0v) is 20.3. The highest BCUT2D eigenvalue weighted by Crippen LogP contribution is 2.24. The molecule has 1 fully saturated rings. The molecule has 0 radical (unpaired) electrons. The minimum absolute atomic E-state index is 0.0569.